The number of methoxy groups -OCH3 is 2. The Labute approximate surface area is 267 Å². The lowest BCUT2D eigenvalue weighted by molar-refractivity contribution is 0.122. The van der Waals surface area contributed by atoms with Crippen LogP contribution in [-0.4, -0.2) is 102 Å². The molecule has 256 valence electrons. The SMILES string of the molecule is COc1cc(S(=O)(=O)CCOS(=O)(=O)O)c(OC)cc1N=Nc1cc(S(=O)(=O)O)c(N)cc1Nc1nc(F)nc(N2CCOCC2)n1. The average Bonchev–Trinajstić information content (AvgIpc) is 2.99. The molecule has 20 nitrogen and oxygen atoms in total. The van der Waals surface area contributed by atoms with Crippen LogP contribution in [0.5, 0.6) is 11.5 Å². The van der Waals surface area contributed by atoms with Crippen molar-refractivity contribution in [3.05, 3.63) is 30.3 Å². The van der Waals surface area contributed by atoms with E-state index in [0.29, 0.717) is 26.3 Å². The molecule has 0 saturated carbocycles. The van der Waals surface area contributed by atoms with Gasteiger partial charge in [-0.15, -0.1) is 10.2 Å². The van der Waals surface area contributed by atoms with Gasteiger partial charge < -0.3 is 30.2 Å². The summed E-state index contributed by atoms with van der Waals surface area (Å²) in [6.07, 6.45) is -1.13. The van der Waals surface area contributed by atoms with Crippen molar-refractivity contribution in [3.63, 3.8) is 0 Å². The molecular formula is C23H27FN8O12S3. The van der Waals surface area contributed by atoms with Crippen molar-refractivity contribution < 1.29 is 57.1 Å². The van der Waals surface area contributed by atoms with Crippen molar-refractivity contribution in [1.82, 2.24) is 15.0 Å². The lowest BCUT2D eigenvalue weighted by atomic mass is 10.2. The number of anilines is 4. The maximum Gasteiger partial charge on any atom is 0.397 e. The molecule has 0 unspecified atom stereocenters. The fourth-order valence-electron chi connectivity index (χ4n) is 4.05. The van der Waals surface area contributed by atoms with Crippen LogP contribution in [0.2, 0.25) is 0 Å². The molecule has 1 aliphatic heterocycles. The topological polar surface area (TPSA) is 284 Å². The summed E-state index contributed by atoms with van der Waals surface area (Å²) in [6.45, 7) is 0.565. The maximum absolute atomic E-state index is 14.4. The molecule has 1 aliphatic rings. The van der Waals surface area contributed by atoms with E-state index in [4.69, 9.17) is 24.5 Å². The second-order valence-electron chi connectivity index (χ2n) is 9.28. The van der Waals surface area contributed by atoms with E-state index in [1.54, 1.807) is 4.90 Å². The zero-order valence-electron chi connectivity index (χ0n) is 24.4. The van der Waals surface area contributed by atoms with Crippen molar-refractivity contribution in [1.29, 1.82) is 0 Å². The number of ether oxygens (including phenoxy) is 3. The summed E-state index contributed by atoms with van der Waals surface area (Å²) >= 11 is 0. The van der Waals surface area contributed by atoms with Gasteiger partial charge in [0.25, 0.3) is 10.1 Å². The third kappa shape index (κ3) is 9.15. The van der Waals surface area contributed by atoms with Crippen LogP contribution in [0.4, 0.5) is 39.0 Å². The van der Waals surface area contributed by atoms with Crippen LogP contribution in [-0.2, 0) is 39.3 Å². The van der Waals surface area contributed by atoms with Crippen LogP contribution < -0.4 is 25.4 Å². The van der Waals surface area contributed by atoms with Gasteiger partial charge in [-0.25, -0.2) is 12.6 Å². The van der Waals surface area contributed by atoms with Gasteiger partial charge in [-0.1, -0.05) is 0 Å². The molecule has 24 heteroatoms. The fourth-order valence-corrected chi connectivity index (χ4v) is 6.33. The van der Waals surface area contributed by atoms with Crippen LogP contribution in [0.1, 0.15) is 0 Å². The molecule has 2 heterocycles. The highest BCUT2D eigenvalue weighted by Crippen LogP contribution is 2.40. The highest BCUT2D eigenvalue weighted by atomic mass is 32.3. The molecule has 0 atom stereocenters. The zero-order chi connectivity index (χ0) is 34.6. The summed E-state index contributed by atoms with van der Waals surface area (Å²) in [5, 5.41) is 10.7. The second kappa shape index (κ2) is 14.2. The molecule has 0 amide bonds. The van der Waals surface area contributed by atoms with Gasteiger partial charge >= 0.3 is 16.5 Å². The monoisotopic (exact) mass is 722 g/mol. The molecule has 5 N–H and O–H groups in total. The van der Waals surface area contributed by atoms with E-state index in [-0.39, 0.29) is 40.5 Å². The molecule has 0 bridgehead atoms. The smallest absolute Gasteiger partial charge is 0.397 e. The quantitative estimate of drug-likeness (QED) is 0.110. The van der Waals surface area contributed by atoms with Gasteiger partial charge in [-0.2, -0.15) is 36.2 Å². The van der Waals surface area contributed by atoms with Gasteiger partial charge in [0, 0.05) is 25.2 Å². The van der Waals surface area contributed by atoms with Crippen LogP contribution in [0, 0.1) is 6.08 Å². The van der Waals surface area contributed by atoms with Crippen LogP contribution >= 0.6 is 0 Å². The zero-order valence-corrected chi connectivity index (χ0v) is 26.8. The molecule has 0 spiro atoms. The molecule has 1 saturated heterocycles. The van der Waals surface area contributed by atoms with Gasteiger partial charge in [0.1, 0.15) is 32.7 Å². The number of rotatable bonds is 13. The Morgan fingerprint density at radius 1 is 0.936 bits per heavy atom. The minimum atomic E-state index is -4.90. The van der Waals surface area contributed by atoms with Crippen LogP contribution in [0.25, 0.3) is 0 Å². The Bertz CT molecular complexity index is 2010. The van der Waals surface area contributed by atoms with Gasteiger partial charge in [0.2, 0.25) is 11.9 Å². The number of hydrogen-bond acceptors (Lipinski definition) is 18. The third-order valence-electron chi connectivity index (χ3n) is 6.19. The first-order valence-electron chi connectivity index (χ1n) is 13.0. The predicted octanol–water partition coefficient (Wildman–Crippen LogP) is 1.45. The minimum Gasteiger partial charge on any atom is -0.495 e. The van der Waals surface area contributed by atoms with Crippen molar-refractivity contribution >= 4 is 65.0 Å². The first-order valence-corrected chi connectivity index (χ1v) is 17.4. The number of nitrogen functional groups attached to an aromatic ring is 1. The molecule has 4 rings (SSSR count). The Hall–Kier alpha value is -4.33. The highest BCUT2D eigenvalue weighted by molar-refractivity contribution is 7.91. The van der Waals surface area contributed by atoms with Crippen LogP contribution in [0.15, 0.2) is 44.3 Å². The number of sulfone groups is 1. The first-order chi connectivity index (χ1) is 22.0. The number of morpholine rings is 1. The summed E-state index contributed by atoms with van der Waals surface area (Å²) in [5.74, 6) is -1.67. The van der Waals surface area contributed by atoms with Gasteiger partial charge in [0.15, 0.2) is 9.84 Å². The van der Waals surface area contributed by atoms with Crippen molar-refractivity contribution in [2.24, 2.45) is 10.2 Å². The molecule has 1 fully saturated rings. The van der Waals surface area contributed by atoms with Gasteiger partial charge in [0.05, 0.1) is 51.2 Å². The fraction of sp³-hybridized carbons (Fsp3) is 0.348. The molecular weight excluding hydrogens is 695 g/mol. The number of nitrogens with one attached hydrogen (secondary N) is 1. The number of halogens is 1. The van der Waals surface area contributed by atoms with Crippen molar-refractivity contribution in [2.75, 3.05) is 68.8 Å². The Balaban J connectivity index is 1.75. The first kappa shape index (κ1) is 35.5. The number of nitrogens with two attached hydrogens (primary N) is 1. The number of benzene rings is 2. The number of hydrogen-bond donors (Lipinski definition) is 4. The number of aromatic nitrogens is 3. The van der Waals surface area contributed by atoms with E-state index in [1.807, 2.05) is 0 Å². The predicted molar refractivity (Wildman–Crippen MR) is 160 cm³/mol. The average molecular weight is 723 g/mol. The van der Waals surface area contributed by atoms with E-state index < -0.39 is 64.3 Å². The maximum atomic E-state index is 14.4. The summed E-state index contributed by atoms with van der Waals surface area (Å²) in [4.78, 5) is 12.0. The van der Waals surface area contributed by atoms with E-state index in [0.717, 1.165) is 31.4 Å². The van der Waals surface area contributed by atoms with Gasteiger partial charge in [-0.05, 0) is 12.1 Å². The lowest BCUT2D eigenvalue weighted by Gasteiger charge is -2.26. The Kier molecular flexibility index (Phi) is 10.7. The van der Waals surface area contributed by atoms with Crippen molar-refractivity contribution in [2.45, 2.75) is 9.79 Å². The molecule has 2 aromatic carbocycles. The van der Waals surface area contributed by atoms with Gasteiger partial charge in [-0.3, -0.25) is 9.11 Å². The minimum absolute atomic E-state index is 0.00887. The van der Waals surface area contributed by atoms with E-state index >= 15 is 0 Å². The number of nitrogens with zero attached hydrogens (tertiary/aromatic N) is 6. The highest BCUT2D eigenvalue weighted by Gasteiger charge is 2.25. The lowest BCUT2D eigenvalue weighted by Crippen LogP contribution is -2.37. The van der Waals surface area contributed by atoms with Crippen molar-refractivity contribution in [3.8, 4) is 11.5 Å². The molecule has 1 aromatic heterocycles. The number of azo groups is 1. The van der Waals surface area contributed by atoms with Crippen LogP contribution in [0.3, 0.4) is 0 Å². The molecule has 47 heavy (non-hydrogen) atoms. The molecule has 0 aliphatic carbocycles. The van der Waals surface area contributed by atoms with E-state index in [9.17, 15) is 34.2 Å². The molecule has 0 radical (unpaired) electrons. The van der Waals surface area contributed by atoms with E-state index in [1.165, 1.54) is 7.11 Å². The third-order valence-corrected chi connectivity index (χ3v) is 9.26. The van der Waals surface area contributed by atoms with E-state index in [2.05, 4.69) is 34.7 Å². The summed E-state index contributed by atoms with van der Waals surface area (Å²) in [6, 6.07) is 4.01. The Morgan fingerprint density at radius 2 is 1.60 bits per heavy atom. The largest absolute Gasteiger partial charge is 0.495 e. The summed E-state index contributed by atoms with van der Waals surface area (Å²) < 4.78 is 124. The summed E-state index contributed by atoms with van der Waals surface area (Å²) in [7, 11) is -11.7. The molecule has 3 aromatic rings. The standard InChI is InChI=1S/C23H27FN8O12S3/c1-41-17-12-20(45(33,34)8-7-44-47(38,39)40)18(42-2)10-16(17)31-30-15-11-19(46(35,36)37)13(25)9-14(15)26-22-27-21(24)28-23(29-22)32-3-5-43-6-4-32/h9-12H,3-8,25H2,1-2H3,(H,35,36,37)(H,38,39,40)(H,26,27,28,29). The summed E-state index contributed by atoms with van der Waals surface area (Å²) in [5.41, 5.74) is 4.90. The Morgan fingerprint density at radius 3 is 2.21 bits per heavy atom. The second-order valence-corrected chi connectivity index (χ2v) is 13.8. The normalized spacial score (nSPS) is 14.4.